The van der Waals surface area contributed by atoms with Gasteiger partial charge in [-0.05, 0) is 29.8 Å². The molecular weight excluding hydrogens is 440 g/mol. The fourth-order valence-corrected chi connectivity index (χ4v) is 3.54. The van der Waals surface area contributed by atoms with E-state index < -0.39 is 29.9 Å². The summed E-state index contributed by atoms with van der Waals surface area (Å²) >= 11 is 0. The molecule has 35 heavy (non-hydrogen) atoms. The van der Waals surface area contributed by atoms with Crippen molar-refractivity contribution < 1.29 is 19.1 Å². The molecule has 0 aliphatic heterocycles. The number of carbonyl (C=O) groups is 3. The van der Waals surface area contributed by atoms with Crippen LogP contribution in [0.15, 0.2) is 121 Å². The second-order valence-corrected chi connectivity index (χ2v) is 7.77. The highest BCUT2D eigenvalue weighted by atomic mass is 16.5. The number of hydrogen-bond donors (Lipinski definition) is 2. The minimum atomic E-state index is -1.22. The summed E-state index contributed by atoms with van der Waals surface area (Å²) in [4.78, 5) is 39.5. The summed E-state index contributed by atoms with van der Waals surface area (Å²) in [6, 6.07) is 33.9. The number of para-hydroxylation sites is 1. The molecule has 0 spiro atoms. The maximum Gasteiger partial charge on any atom is 0.334 e. The number of rotatable bonds is 8. The Bertz CT molecular complexity index is 1260. The highest BCUT2D eigenvalue weighted by Crippen LogP contribution is 2.24. The Hall–Kier alpha value is -4.71. The number of benzene rings is 4. The molecule has 4 aromatic carbocycles. The standard InChI is InChI=1S/C29H24N2O4/c32-27(23-17-9-3-10-18-23)31-25(21-13-5-1-6-14-21)29(34)35-26(22-15-7-2-8-16-22)28(33)30-24-19-11-4-12-20-24/h1-20,25-26H,(H,30,33)(H,31,32)/t25-,26+/m0/s1. The lowest BCUT2D eigenvalue weighted by Gasteiger charge is -2.23. The van der Waals surface area contributed by atoms with Crippen molar-refractivity contribution in [2.45, 2.75) is 12.1 Å². The van der Waals surface area contributed by atoms with Gasteiger partial charge in [0.25, 0.3) is 11.8 Å². The van der Waals surface area contributed by atoms with Crippen LogP contribution in [-0.4, -0.2) is 17.8 Å². The van der Waals surface area contributed by atoms with Crippen LogP contribution >= 0.6 is 0 Å². The van der Waals surface area contributed by atoms with Crippen molar-refractivity contribution in [3.63, 3.8) is 0 Å². The molecule has 2 N–H and O–H groups in total. The Morgan fingerprint density at radius 1 is 0.600 bits per heavy atom. The molecule has 2 atom stereocenters. The third-order valence-electron chi connectivity index (χ3n) is 5.30. The van der Waals surface area contributed by atoms with E-state index in [0.29, 0.717) is 22.4 Å². The zero-order valence-corrected chi connectivity index (χ0v) is 18.8. The number of esters is 1. The molecule has 0 aliphatic rings. The van der Waals surface area contributed by atoms with Crippen LogP contribution in [0.25, 0.3) is 0 Å². The van der Waals surface area contributed by atoms with Crippen LogP contribution in [-0.2, 0) is 14.3 Å². The number of hydrogen-bond acceptors (Lipinski definition) is 4. The zero-order valence-electron chi connectivity index (χ0n) is 18.8. The van der Waals surface area contributed by atoms with E-state index in [-0.39, 0.29) is 0 Å². The summed E-state index contributed by atoms with van der Waals surface area (Å²) in [7, 11) is 0. The number of nitrogens with one attached hydrogen (secondary N) is 2. The van der Waals surface area contributed by atoms with Crippen LogP contribution in [0.3, 0.4) is 0 Å². The van der Waals surface area contributed by atoms with Gasteiger partial charge in [-0.1, -0.05) is 97.1 Å². The summed E-state index contributed by atoms with van der Waals surface area (Å²) in [6.07, 6.45) is -1.22. The summed E-state index contributed by atoms with van der Waals surface area (Å²) < 4.78 is 5.76. The molecule has 0 heterocycles. The number of carbonyl (C=O) groups excluding carboxylic acids is 3. The number of anilines is 1. The minimum absolute atomic E-state index is 0.405. The fraction of sp³-hybridized carbons (Fsp3) is 0.0690. The van der Waals surface area contributed by atoms with Crippen molar-refractivity contribution >= 4 is 23.5 Å². The van der Waals surface area contributed by atoms with Crippen molar-refractivity contribution in [2.24, 2.45) is 0 Å². The molecule has 0 saturated heterocycles. The van der Waals surface area contributed by atoms with Gasteiger partial charge in [-0.25, -0.2) is 4.79 Å². The summed E-state index contributed by atoms with van der Waals surface area (Å²) in [6.45, 7) is 0. The summed E-state index contributed by atoms with van der Waals surface area (Å²) in [5.41, 5.74) is 2.03. The minimum Gasteiger partial charge on any atom is -0.445 e. The van der Waals surface area contributed by atoms with Crippen molar-refractivity contribution in [3.8, 4) is 0 Å². The van der Waals surface area contributed by atoms with Crippen molar-refractivity contribution in [3.05, 3.63) is 138 Å². The van der Waals surface area contributed by atoms with Crippen molar-refractivity contribution in [1.29, 1.82) is 0 Å². The van der Waals surface area contributed by atoms with Gasteiger partial charge in [0.2, 0.25) is 6.10 Å². The second-order valence-electron chi connectivity index (χ2n) is 7.77. The Kier molecular flexibility index (Phi) is 7.66. The monoisotopic (exact) mass is 464 g/mol. The van der Waals surface area contributed by atoms with Crippen LogP contribution in [0.5, 0.6) is 0 Å². The van der Waals surface area contributed by atoms with E-state index >= 15 is 0 Å². The van der Waals surface area contributed by atoms with Crippen LogP contribution in [0.1, 0.15) is 33.6 Å². The number of amides is 2. The van der Waals surface area contributed by atoms with Gasteiger partial charge in [-0.2, -0.15) is 0 Å². The predicted octanol–water partition coefficient (Wildman–Crippen LogP) is 5.08. The maximum atomic E-state index is 13.4. The quantitative estimate of drug-likeness (QED) is 0.356. The average molecular weight is 465 g/mol. The highest BCUT2D eigenvalue weighted by Gasteiger charge is 2.31. The van der Waals surface area contributed by atoms with Gasteiger partial charge in [0.15, 0.2) is 6.04 Å². The molecule has 2 amide bonds. The molecule has 4 aromatic rings. The molecule has 174 valence electrons. The first-order valence-electron chi connectivity index (χ1n) is 11.1. The van der Waals surface area contributed by atoms with E-state index in [1.807, 2.05) is 18.2 Å². The molecular formula is C29H24N2O4. The Labute approximate surface area is 203 Å². The first-order valence-corrected chi connectivity index (χ1v) is 11.1. The van der Waals surface area contributed by atoms with E-state index in [2.05, 4.69) is 10.6 Å². The molecule has 0 saturated carbocycles. The Morgan fingerprint density at radius 3 is 1.66 bits per heavy atom. The molecule has 6 nitrogen and oxygen atoms in total. The van der Waals surface area contributed by atoms with E-state index in [9.17, 15) is 14.4 Å². The fourth-order valence-electron chi connectivity index (χ4n) is 3.54. The third kappa shape index (κ3) is 6.21. The van der Waals surface area contributed by atoms with Gasteiger partial charge in [-0.15, -0.1) is 0 Å². The first kappa shape index (κ1) is 23.4. The van der Waals surface area contributed by atoms with Gasteiger partial charge in [0, 0.05) is 16.8 Å². The van der Waals surface area contributed by atoms with Gasteiger partial charge in [-0.3, -0.25) is 9.59 Å². The normalized spacial score (nSPS) is 12.1. The van der Waals surface area contributed by atoms with Crippen LogP contribution < -0.4 is 10.6 Å². The molecule has 4 rings (SSSR count). The van der Waals surface area contributed by atoms with Crippen molar-refractivity contribution in [1.82, 2.24) is 5.32 Å². The molecule has 0 bridgehead atoms. The lowest BCUT2D eigenvalue weighted by Crippen LogP contribution is -2.37. The van der Waals surface area contributed by atoms with E-state index in [1.54, 1.807) is 103 Å². The van der Waals surface area contributed by atoms with Gasteiger partial charge in [0.05, 0.1) is 0 Å². The summed E-state index contributed by atoms with van der Waals surface area (Å²) in [5, 5.41) is 5.54. The van der Waals surface area contributed by atoms with Crippen LogP contribution in [0, 0.1) is 0 Å². The van der Waals surface area contributed by atoms with Gasteiger partial charge in [0.1, 0.15) is 0 Å². The lowest BCUT2D eigenvalue weighted by atomic mass is 10.1. The Balaban J connectivity index is 1.60. The van der Waals surface area contributed by atoms with Crippen molar-refractivity contribution in [2.75, 3.05) is 5.32 Å². The molecule has 6 heteroatoms. The molecule has 0 radical (unpaired) electrons. The molecule has 0 fully saturated rings. The Morgan fingerprint density at radius 2 is 1.09 bits per heavy atom. The smallest absolute Gasteiger partial charge is 0.334 e. The SMILES string of the molecule is O=C(N[C@H](C(=O)O[C@@H](C(=O)Nc1ccccc1)c1ccccc1)c1ccccc1)c1ccccc1. The average Bonchev–Trinajstić information content (AvgIpc) is 2.92. The second kappa shape index (κ2) is 11.4. The van der Waals surface area contributed by atoms with Crippen LogP contribution in [0.4, 0.5) is 5.69 Å². The lowest BCUT2D eigenvalue weighted by molar-refractivity contribution is -0.156. The van der Waals surface area contributed by atoms with Gasteiger partial charge >= 0.3 is 5.97 Å². The maximum absolute atomic E-state index is 13.4. The summed E-state index contributed by atoms with van der Waals surface area (Å²) in [5.74, 6) is -1.68. The van der Waals surface area contributed by atoms with Gasteiger partial charge < -0.3 is 15.4 Å². The largest absolute Gasteiger partial charge is 0.445 e. The molecule has 0 aromatic heterocycles. The van der Waals surface area contributed by atoms with E-state index in [0.717, 1.165) is 0 Å². The third-order valence-corrected chi connectivity index (χ3v) is 5.30. The predicted molar refractivity (Wildman–Crippen MR) is 133 cm³/mol. The topological polar surface area (TPSA) is 84.5 Å². The molecule has 0 aliphatic carbocycles. The zero-order chi connectivity index (χ0) is 24.5. The highest BCUT2D eigenvalue weighted by molar-refractivity contribution is 5.99. The van der Waals surface area contributed by atoms with E-state index in [4.69, 9.17) is 4.74 Å². The molecule has 0 unspecified atom stereocenters. The van der Waals surface area contributed by atoms with E-state index in [1.165, 1.54) is 0 Å². The first-order chi connectivity index (χ1) is 17.1. The van der Waals surface area contributed by atoms with Crippen LogP contribution in [0.2, 0.25) is 0 Å². The number of ether oxygens (including phenoxy) is 1.